The highest BCUT2D eigenvalue weighted by Gasteiger charge is 2.01. The second kappa shape index (κ2) is 10.4. The highest BCUT2D eigenvalue weighted by atomic mass is 16.5. The van der Waals surface area contributed by atoms with Crippen LogP contribution in [0.3, 0.4) is 0 Å². The van der Waals surface area contributed by atoms with Crippen LogP contribution in [-0.4, -0.2) is 25.3 Å². The average Bonchev–Trinajstić information content (AvgIpc) is 2.66. The van der Waals surface area contributed by atoms with E-state index in [0.29, 0.717) is 30.1 Å². The van der Waals surface area contributed by atoms with Crippen LogP contribution in [0.15, 0.2) is 78.5 Å². The molecular formula is C20H22N4O2. The van der Waals surface area contributed by atoms with Crippen molar-refractivity contribution in [1.82, 2.24) is 5.32 Å². The molecule has 0 bridgehead atoms. The number of nitrogen functional groups attached to an aromatic ring is 1. The van der Waals surface area contributed by atoms with E-state index in [1.54, 1.807) is 36.5 Å². The number of nitrogens with one attached hydrogen (secondary N) is 3. The van der Waals surface area contributed by atoms with E-state index < -0.39 is 0 Å². The summed E-state index contributed by atoms with van der Waals surface area (Å²) in [6.07, 6.45) is 5.71. The van der Waals surface area contributed by atoms with Crippen LogP contribution in [0.4, 0.5) is 11.4 Å². The number of nitrogens with two attached hydrogens (primary N) is 1. The maximum atomic E-state index is 11.9. The van der Waals surface area contributed by atoms with Gasteiger partial charge in [-0.05, 0) is 30.3 Å². The molecule has 0 atom stereocenters. The molecule has 0 aliphatic heterocycles. The fraction of sp³-hybridized carbons (Fsp3) is 0.100. The molecule has 134 valence electrons. The molecule has 0 spiro atoms. The van der Waals surface area contributed by atoms with E-state index in [-0.39, 0.29) is 5.91 Å². The molecule has 2 rings (SSSR count). The van der Waals surface area contributed by atoms with Gasteiger partial charge in [-0.3, -0.25) is 4.79 Å². The Hall–Kier alpha value is -3.54. The SMILES string of the molecule is N=CC(=C\NCCOc1ccccc1)/C=C/C(=O)Nc1ccccc1N. The molecule has 0 saturated carbocycles. The molecular weight excluding hydrogens is 328 g/mol. The number of anilines is 2. The van der Waals surface area contributed by atoms with E-state index in [4.69, 9.17) is 15.9 Å². The van der Waals surface area contributed by atoms with Crippen molar-refractivity contribution in [2.75, 3.05) is 24.2 Å². The Morgan fingerprint density at radius 1 is 1.08 bits per heavy atom. The van der Waals surface area contributed by atoms with Gasteiger partial charge in [0, 0.05) is 30.6 Å². The van der Waals surface area contributed by atoms with E-state index in [2.05, 4.69) is 10.6 Å². The Morgan fingerprint density at radius 2 is 1.81 bits per heavy atom. The lowest BCUT2D eigenvalue weighted by molar-refractivity contribution is -0.111. The summed E-state index contributed by atoms with van der Waals surface area (Å²) < 4.78 is 5.55. The van der Waals surface area contributed by atoms with E-state index in [0.717, 1.165) is 12.0 Å². The first-order valence-electron chi connectivity index (χ1n) is 8.14. The zero-order valence-corrected chi connectivity index (χ0v) is 14.3. The molecule has 0 heterocycles. The van der Waals surface area contributed by atoms with Gasteiger partial charge in [-0.25, -0.2) is 0 Å². The predicted molar refractivity (Wildman–Crippen MR) is 105 cm³/mol. The van der Waals surface area contributed by atoms with Gasteiger partial charge in [0.2, 0.25) is 5.91 Å². The number of hydrogen-bond acceptors (Lipinski definition) is 5. The van der Waals surface area contributed by atoms with Crippen molar-refractivity contribution in [3.05, 3.63) is 78.5 Å². The van der Waals surface area contributed by atoms with Gasteiger partial charge in [-0.2, -0.15) is 0 Å². The van der Waals surface area contributed by atoms with Crippen molar-refractivity contribution in [1.29, 1.82) is 5.41 Å². The minimum absolute atomic E-state index is 0.317. The van der Waals surface area contributed by atoms with Crippen LogP contribution in [0, 0.1) is 5.41 Å². The molecule has 6 nitrogen and oxygen atoms in total. The lowest BCUT2D eigenvalue weighted by Gasteiger charge is -2.06. The van der Waals surface area contributed by atoms with Gasteiger partial charge in [-0.1, -0.05) is 30.3 Å². The van der Waals surface area contributed by atoms with E-state index in [1.807, 2.05) is 30.3 Å². The molecule has 0 aromatic heterocycles. The van der Waals surface area contributed by atoms with Gasteiger partial charge in [-0.15, -0.1) is 0 Å². The Kier molecular flexibility index (Phi) is 7.48. The second-order valence-corrected chi connectivity index (χ2v) is 5.31. The van der Waals surface area contributed by atoms with Gasteiger partial charge in [0.15, 0.2) is 0 Å². The topological polar surface area (TPSA) is 100 Å². The smallest absolute Gasteiger partial charge is 0.248 e. The minimum Gasteiger partial charge on any atom is -0.492 e. The number of rotatable bonds is 9. The van der Waals surface area contributed by atoms with Gasteiger partial charge < -0.3 is 26.5 Å². The summed E-state index contributed by atoms with van der Waals surface area (Å²) in [6.45, 7) is 1.07. The number of amides is 1. The summed E-state index contributed by atoms with van der Waals surface area (Å²) in [5.74, 6) is 0.491. The van der Waals surface area contributed by atoms with Crippen molar-refractivity contribution in [3.8, 4) is 5.75 Å². The Morgan fingerprint density at radius 3 is 2.54 bits per heavy atom. The molecule has 0 aliphatic carbocycles. The lowest BCUT2D eigenvalue weighted by Crippen LogP contribution is -2.16. The third-order valence-electron chi connectivity index (χ3n) is 3.34. The standard InChI is InChI=1S/C20H22N4O2/c21-14-16(15-23-12-13-26-17-6-2-1-3-7-17)10-11-20(25)24-19-9-5-4-8-18(19)22/h1-11,14-15,21,23H,12-13,22H2,(H,24,25)/b11-10+,16-15-,21-14?. The number of hydrogen-bond donors (Lipinski definition) is 4. The zero-order chi connectivity index (χ0) is 18.6. The number of ether oxygens (including phenoxy) is 1. The molecule has 6 heteroatoms. The van der Waals surface area contributed by atoms with Gasteiger partial charge in [0.1, 0.15) is 12.4 Å². The summed E-state index contributed by atoms with van der Waals surface area (Å²) in [5, 5.41) is 13.1. The first-order valence-corrected chi connectivity index (χ1v) is 8.14. The summed E-state index contributed by atoms with van der Waals surface area (Å²) in [7, 11) is 0. The summed E-state index contributed by atoms with van der Waals surface area (Å²) in [4.78, 5) is 11.9. The van der Waals surface area contributed by atoms with Gasteiger partial charge >= 0.3 is 0 Å². The number of benzene rings is 2. The first kappa shape index (κ1) is 18.8. The molecule has 2 aromatic rings. The quantitative estimate of drug-likeness (QED) is 0.184. The number of carbonyl (C=O) groups is 1. The lowest BCUT2D eigenvalue weighted by atomic mass is 10.2. The molecule has 5 N–H and O–H groups in total. The van der Waals surface area contributed by atoms with Crippen LogP contribution in [0.1, 0.15) is 0 Å². The minimum atomic E-state index is -0.317. The van der Waals surface area contributed by atoms with E-state index in [9.17, 15) is 4.79 Å². The summed E-state index contributed by atoms with van der Waals surface area (Å²) in [5.41, 5.74) is 7.39. The fourth-order valence-corrected chi connectivity index (χ4v) is 2.03. The van der Waals surface area contributed by atoms with Crippen molar-refractivity contribution in [2.45, 2.75) is 0 Å². The van der Waals surface area contributed by atoms with E-state index >= 15 is 0 Å². The molecule has 2 aromatic carbocycles. The third-order valence-corrected chi connectivity index (χ3v) is 3.34. The maximum Gasteiger partial charge on any atom is 0.248 e. The third kappa shape index (κ3) is 6.52. The van der Waals surface area contributed by atoms with Crippen LogP contribution < -0.4 is 21.1 Å². The largest absolute Gasteiger partial charge is 0.492 e. The molecule has 1 amide bonds. The van der Waals surface area contributed by atoms with Crippen LogP contribution in [-0.2, 0) is 4.79 Å². The molecule has 0 aliphatic rings. The highest BCUT2D eigenvalue weighted by Crippen LogP contribution is 2.16. The fourth-order valence-electron chi connectivity index (χ4n) is 2.03. The van der Waals surface area contributed by atoms with E-state index in [1.165, 1.54) is 6.08 Å². The number of para-hydroxylation sites is 3. The molecule has 0 fully saturated rings. The first-order chi connectivity index (χ1) is 12.7. The Balaban J connectivity index is 1.77. The molecule has 0 radical (unpaired) electrons. The second-order valence-electron chi connectivity index (χ2n) is 5.31. The van der Waals surface area contributed by atoms with Crippen molar-refractivity contribution < 1.29 is 9.53 Å². The van der Waals surface area contributed by atoms with Crippen LogP contribution in [0.25, 0.3) is 0 Å². The Bertz CT molecular complexity index is 785. The number of carbonyl (C=O) groups excluding carboxylic acids is 1. The number of allylic oxidation sites excluding steroid dienone is 2. The highest BCUT2D eigenvalue weighted by molar-refractivity contribution is 6.02. The normalized spacial score (nSPS) is 11.2. The maximum absolute atomic E-state index is 11.9. The summed E-state index contributed by atoms with van der Waals surface area (Å²) >= 11 is 0. The zero-order valence-electron chi connectivity index (χ0n) is 14.3. The van der Waals surface area contributed by atoms with Crippen LogP contribution >= 0.6 is 0 Å². The van der Waals surface area contributed by atoms with Crippen molar-refractivity contribution in [3.63, 3.8) is 0 Å². The average molecular weight is 350 g/mol. The molecule has 0 unspecified atom stereocenters. The van der Waals surface area contributed by atoms with Crippen LogP contribution in [0.2, 0.25) is 0 Å². The van der Waals surface area contributed by atoms with Crippen molar-refractivity contribution in [2.24, 2.45) is 0 Å². The van der Waals surface area contributed by atoms with Gasteiger partial charge in [0.05, 0.1) is 11.4 Å². The Labute approximate surface area is 152 Å². The summed E-state index contributed by atoms with van der Waals surface area (Å²) in [6, 6.07) is 16.6. The molecule has 0 saturated heterocycles. The van der Waals surface area contributed by atoms with Crippen molar-refractivity contribution >= 4 is 23.5 Å². The molecule has 26 heavy (non-hydrogen) atoms. The van der Waals surface area contributed by atoms with Crippen LogP contribution in [0.5, 0.6) is 5.75 Å². The van der Waals surface area contributed by atoms with Gasteiger partial charge in [0.25, 0.3) is 0 Å². The predicted octanol–water partition coefficient (Wildman–Crippen LogP) is 2.97. The monoisotopic (exact) mass is 350 g/mol.